The van der Waals surface area contributed by atoms with Gasteiger partial charge in [-0.05, 0) is 151 Å². The molecule has 0 amide bonds. The van der Waals surface area contributed by atoms with Gasteiger partial charge in [0.1, 0.15) is 0 Å². The van der Waals surface area contributed by atoms with Gasteiger partial charge in [0.05, 0.1) is 11.4 Å². The molecule has 68 heavy (non-hydrogen) atoms. The third kappa shape index (κ3) is 7.76. The van der Waals surface area contributed by atoms with Crippen LogP contribution >= 0.6 is 0 Å². The first-order chi connectivity index (χ1) is 33.5. The Morgan fingerprint density at radius 1 is 0.309 bits per heavy atom. The van der Waals surface area contributed by atoms with Gasteiger partial charge < -0.3 is 9.80 Å². The van der Waals surface area contributed by atoms with Crippen LogP contribution in [0.25, 0.3) is 65.3 Å². The highest BCUT2D eigenvalue weighted by Crippen LogP contribution is 2.49. The molecule has 0 saturated carbocycles. The first-order valence-corrected chi connectivity index (χ1v) is 24.4. The Balaban J connectivity index is 1.20. The lowest BCUT2D eigenvalue weighted by atomic mass is 9.85. The van der Waals surface area contributed by atoms with E-state index in [1.165, 1.54) is 76.5 Å². The van der Waals surface area contributed by atoms with Crippen molar-refractivity contribution >= 4 is 77.2 Å². The Labute approximate surface area is 401 Å². The fourth-order valence-electron chi connectivity index (χ4n) is 10.4. The Morgan fingerprint density at radius 2 is 0.662 bits per heavy atom. The number of fused-ring (bicyclic) bond motifs is 4. The van der Waals surface area contributed by atoms with Crippen molar-refractivity contribution in [1.82, 2.24) is 0 Å². The monoisotopic (exact) mass is 876 g/mol. The molecule has 330 valence electrons. The summed E-state index contributed by atoms with van der Waals surface area (Å²) in [7, 11) is 0. The summed E-state index contributed by atoms with van der Waals surface area (Å²) in [5.74, 6) is 0.979. The van der Waals surface area contributed by atoms with E-state index in [-0.39, 0.29) is 0 Å². The van der Waals surface area contributed by atoms with Crippen LogP contribution in [0.15, 0.2) is 231 Å². The lowest BCUT2D eigenvalue weighted by Crippen LogP contribution is -2.11. The Hall–Kier alpha value is -7.94. The fraction of sp³-hybridized carbons (Fsp3) is 0.121. The van der Waals surface area contributed by atoms with Crippen LogP contribution in [0.5, 0.6) is 0 Å². The highest BCUT2D eigenvalue weighted by Gasteiger charge is 2.23. The van der Waals surface area contributed by atoms with Gasteiger partial charge in [-0.25, -0.2) is 0 Å². The van der Waals surface area contributed by atoms with Gasteiger partial charge in [0, 0.05) is 33.5 Å². The van der Waals surface area contributed by atoms with Crippen molar-refractivity contribution in [2.24, 2.45) is 0 Å². The van der Waals surface area contributed by atoms with Gasteiger partial charge in [-0.15, -0.1) is 0 Å². The van der Waals surface area contributed by atoms with Gasteiger partial charge in [-0.1, -0.05) is 198 Å². The van der Waals surface area contributed by atoms with Crippen molar-refractivity contribution in [2.45, 2.75) is 52.4 Å². The fourth-order valence-corrected chi connectivity index (χ4v) is 10.4. The zero-order valence-electron chi connectivity index (χ0n) is 39.4. The summed E-state index contributed by atoms with van der Waals surface area (Å²) < 4.78 is 0. The SMILES string of the molecule is CCC(C)c1ccc(N(c2ccc3c(-c4ccccc4)c4cc(N(c5ccc(C(C)CC)cc5)c5cccc6ccccc56)ccc4c(-c4ccccc4)c3c2)c2cccc3ccccc23)cc1. The third-order valence-electron chi connectivity index (χ3n) is 14.4. The predicted molar refractivity (Wildman–Crippen MR) is 294 cm³/mol. The molecule has 2 unspecified atom stereocenters. The summed E-state index contributed by atoms with van der Waals surface area (Å²) in [6.45, 7) is 9.16. The summed E-state index contributed by atoms with van der Waals surface area (Å²) in [6.07, 6.45) is 2.20. The molecule has 0 bridgehead atoms. The molecule has 0 aliphatic rings. The Kier molecular flexibility index (Phi) is 11.5. The average Bonchev–Trinajstić information content (AvgIpc) is 3.41. The molecule has 11 aromatic rings. The van der Waals surface area contributed by atoms with Crippen molar-refractivity contribution in [1.29, 1.82) is 0 Å². The second kappa shape index (κ2) is 18.4. The summed E-state index contributed by atoms with van der Waals surface area (Å²) in [4.78, 5) is 4.92. The Morgan fingerprint density at radius 3 is 1.06 bits per heavy atom. The quantitative estimate of drug-likeness (QED) is 0.113. The number of benzene rings is 11. The highest BCUT2D eigenvalue weighted by atomic mass is 15.1. The molecule has 2 nitrogen and oxygen atoms in total. The lowest BCUT2D eigenvalue weighted by molar-refractivity contribution is 0.733. The van der Waals surface area contributed by atoms with Gasteiger partial charge in [-0.2, -0.15) is 0 Å². The molecule has 11 aromatic carbocycles. The zero-order valence-corrected chi connectivity index (χ0v) is 39.4. The molecule has 0 heterocycles. The van der Waals surface area contributed by atoms with Crippen LogP contribution in [0.4, 0.5) is 34.1 Å². The molecule has 0 aliphatic heterocycles. The minimum Gasteiger partial charge on any atom is -0.310 e. The van der Waals surface area contributed by atoms with Crippen LogP contribution in [-0.2, 0) is 0 Å². The van der Waals surface area contributed by atoms with E-state index < -0.39 is 0 Å². The molecule has 2 atom stereocenters. The van der Waals surface area contributed by atoms with E-state index >= 15 is 0 Å². The highest BCUT2D eigenvalue weighted by molar-refractivity contribution is 6.23. The van der Waals surface area contributed by atoms with Crippen LogP contribution in [0.2, 0.25) is 0 Å². The van der Waals surface area contributed by atoms with E-state index in [1.54, 1.807) is 0 Å². The number of nitrogens with zero attached hydrogens (tertiary/aromatic N) is 2. The smallest absolute Gasteiger partial charge is 0.0540 e. The number of hydrogen-bond donors (Lipinski definition) is 0. The van der Waals surface area contributed by atoms with Crippen LogP contribution in [0.1, 0.15) is 63.5 Å². The maximum atomic E-state index is 2.46. The van der Waals surface area contributed by atoms with E-state index in [9.17, 15) is 0 Å². The van der Waals surface area contributed by atoms with Crippen molar-refractivity contribution in [2.75, 3.05) is 9.80 Å². The summed E-state index contributed by atoms with van der Waals surface area (Å²) in [5.41, 5.74) is 14.3. The van der Waals surface area contributed by atoms with Crippen molar-refractivity contribution in [3.8, 4) is 22.3 Å². The van der Waals surface area contributed by atoms with Crippen LogP contribution in [0, 0.1) is 0 Å². The molecule has 0 saturated heterocycles. The van der Waals surface area contributed by atoms with Gasteiger partial charge in [0.25, 0.3) is 0 Å². The molecule has 0 radical (unpaired) electrons. The maximum absolute atomic E-state index is 2.46. The molecule has 2 heteroatoms. The van der Waals surface area contributed by atoms with E-state index in [1.807, 2.05) is 0 Å². The lowest BCUT2D eigenvalue weighted by Gasteiger charge is -2.29. The average molecular weight is 877 g/mol. The molecule has 0 aromatic heterocycles. The summed E-state index contributed by atoms with van der Waals surface area (Å²) in [6, 6.07) is 85.7. The van der Waals surface area contributed by atoms with Gasteiger partial charge in [0.2, 0.25) is 0 Å². The minimum atomic E-state index is 0.489. The second-order valence-corrected chi connectivity index (χ2v) is 18.4. The largest absolute Gasteiger partial charge is 0.310 e. The molecule has 0 fully saturated rings. The summed E-state index contributed by atoms with van der Waals surface area (Å²) >= 11 is 0. The van der Waals surface area contributed by atoms with E-state index in [0.717, 1.165) is 47.0 Å². The van der Waals surface area contributed by atoms with Crippen LogP contribution in [0.3, 0.4) is 0 Å². The van der Waals surface area contributed by atoms with Crippen molar-refractivity contribution < 1.29 is 0 Å². The first kappa shape index (κ1) is 42.7. The molecule has 0 spiro atoms. The second-order valence-electron chi connectivity index (χ2n) is 18.4. The van der Waals surface area contributed by atoms with Crippen LogP contribution in [-0.4, -0.2) is 0 Å². The predicted octanol–water partition coefficient (Wildman–Crippen LogP) is 19.6. The first-order valence-electron chi connectivity index (χ1n) is 24.4. The molecule has 0 N–H and O–H groups in total. The minimum absolute atomic E-state index is 0.489. The van der Waals surface area contributed by atoms with E-state index in [4.69, 9.17) is 0 Å². The van der Waals surface area contributed by atoms with Crippen molar-refractivity contribution in [3.05, 3.63) is 242 Å². The normalized spacial score (nSPS) is 12.4. The van der Waals surface area contributed by atoms with Gasteiger partial charge in [-0.3, -0.25) is 0 Å². The number of rotatable bonds is 12. The third-order valence-corrected chi connectivity index (χ3v) is 14.4. The van der Waals surface area contributed by atoms with Gasteiger partial charge in [0.15, 0.2) is 0 Å². The standard InChI is InChI=1S/C66H56N2/c1-5-45(3)47-31-35-53(36-32-47)67(63-29-17-25-49-19-13-15-27-57(49)63)55-39-41-59-61(43-55)65(51-21-9-7-10-22-51)60-42-40-56(44-62(60)66(59)52-23-11-8-12-24-52)68(54-37-33-48(34-38-54)46(4)6-2)64-30-18-26-50-20-14-16-28-58(50)64/h7-46H,5-6H2,1-4H3. The van der Waals surface area contributed by atoms with Gasteiger partial charge >= 0.3 is 0 Å². The molecule has 0 aliphatic carbocycles. The molecular weight excluding hydrogens is 821 g/mol. The number of anilines is 6. The Bertz CT molecular complexity index is 3310. The zero-order chi connectivity index (χ0) is 46.1. The van der Waals surface area contributed by atoms with E-state index in [2.05, 4.69) is 268 Å². The van der Waals surface area contributed by atoms with Crippen LogP contribution < -0.4 is 9.80 Å². The van der Waals surface area contributed by atoms with Crippen molar-refractivity contribution in [3.63, 3.8) is 0 Å². The molecular formula is C66H56N2. The van der Waals surface area contributed by atoms with E-state index in [0.29, 0.717) is 11.8 Å². The maximum Gasteiger partial charge on any atom is 0.0540 e. The summed E-state index contributed by atoms with van der Waals surface area (Å²) in [5, 5.41) is 9.70. The topological polar surface area (TPSA) is 6.48 Å². The number of hydrogen-bond acceptors (Lipinski definition) is 2. The molecule has 11 rings (SSSR count).